The van der Waals surface area contributed by atoms with Gasteiger partial charge in [-0.2, -0.15) is 0 Å². The maximum Gasteiger partial charge on any atom is 0.126 e. The van der Waals surface area contributed by atoms with E-state index in [1.807, 2.05) is 30.5 Å². The third-order valence-corrected chi connectivity index (χ3v) is 6.90. The molecule has 2 aromatic rings. The van der Waals surface area contributed by atoms with Crippen molar-refractivity contribution in [1.29, 1.82) is 0 Å². The van der Waals surface area contributed by atoms with Crippen LogP contribution in [0.1, 0.15) is 30.5 Å². The zero-order valence-corrected chi connectivity index (χ0v) is 14.7. The lowest BCUT2D eigenvalue weighted by molar-refractivity contribution is 0.172. The molecule has 0 saturated heterocycles. The molecule has 0 fully saturated rings. The van der Waals surface area contributed by atoms with Gasteiger partial charge < -0.3 is 10.4 Å². The molecule has 2 radical (unpaired) electrons. The summed E-state index contributed by atoms with van der Waals surface area (Å²) in [5.41, 5.74) is 4.46. The highest BCUT2D eigenvalue weighted by Crippen LogP contribution is 2.60. The number of aromatic nitrogens is 1. The lowest BCUT2D eigenvalue weighted by Crippen LogP contribution is -2.48. The van der Waals surface area contributed by atoms with E-state index in [4.69, 9.17) is 12.8 Å². The zero-order chi connectivity index (χ0) is 17.9. The van der Waals surface area contributed by atoms with Gasteiger partial charge in [0.05, 0.1) is 16.6 Å². The third kappa shape index (κ3) is 1.31. The zero-order valence-electron chi connectivity index (χ0n) is 14.7. The number of aliphatic hydroxyl groups is 1. The fourth-order valence-corrected chi connectivity index (χ4v) is 5.19. The molecule has 0 amide bonds. The fraction of sp³-hybridized carbons (Fsp3) is 0.227. The molecule has 3 unspecified atom stereocenters. The molecule has 1 aromatic heterocycles. The summed E-state index contributed by atoms with van der Waals surface area (Å²) in [7, 11) is 6.54. The van der Waals surface area contributed by atoms with Gasteiger partial charge in [-0.15, -0.1) is 0 Å². The van der Waals surface area contributed by atoms with Crippen molar-refractivity contribution in [3.05, 3.63) is 82.6 Å². The molecule has 6 rings (SSSR count). The molecule has 3 heterocycles. The molecule has 4 aliphatic rings. The van der Waals surface area contributed by atoms with E-state index in [2.05, 4.69) is 43.5 Å². The third-order valence-electron chi connectivity index (χ3n) is 6.90. The average Bonchev–Trinajstić information content (AvgIpc) is 2.88. The largest absolute Gasteiger partial charge is 0.391 e. The monoisotopic (exact) mass is 336 g/mol. The quantitative estimate of drug-likeness (QED) is 0.727. The molecule has 2 aliphatic heterocycles. The van der Waals surface area contributed by atoms with E-state index < -0.39 is 5.50 Å². The maximum atomic E-state index is 11.4. The Kier molecular flexibility index (Phi) is 2.27. The number of fused-ring (bicyclic) bond motifs is 4. The summed E-state index contributed by atoms with van der Waals surface area (Å²) in [6.45, 7) is 4.45. The number of benzene rings is 1. The molecule has 0 spiro atoms. The number of nitrogens with zero attached hydrogens (tertiary/aromatic N) is 1. The molecule has 2 N–H and O–H groups in total. The first-order valence-corrected chi connectivity index (χ1v) is 8.93. The summed E-state index contributed by atoms with van der Waals surface area (Å²) in [5, 5.41) is 16.1. The van der Waals surface area contributed by atoms with E-state index >= 15 is 0 Å². The minimum atomic E-state index is -1.56. The topological polar surface area (TPSA) is 45.1 Å². The molecular formula is C22H17BN2O. The molecule has 2 aliphatic carbocycles. The van der Waals surface area contributed by atoms with Gasteiger partial charge in [0.15, 0.2) is 0 Å². The van der Waals surface area contributed by atoms with Crippen LogP contribution in [0.3, 0.4) is 0 Å². The summed E-state index contributed by atoms with van der Waals surface area (Å²) >= 11 is 0. The van der Waals surface area contributed by atoms with Crippen LogP contribution in [0.25, 0.3) is 16.6 Å². The Bertz CT molecular complexity index is 1170. The van der Waals surface area contributed by atoms with E-state index in [1.54, 1.807) is 0 Å². The number of allylic oxidation sites excluding steroid dienone is 3. The summed E-state index contributed by atoms with van der Waals surface area (Å²) in [5.74, 6) is 0. The first kappa shape index (κ1) is 14.6. The van der Waals surface area contributed by atoms with Gasteiger partial charge in [-0.05, 0) is 31.1 Å². The van der Waals surface area contributed by atoms with Crippen LogP contribution >= 0.6 is 0 Å². The number of hydrogen-bond acceptors (Lipinski definition) is 3. The van der Waals surface area contributed by atoms with Crippen molar-refractivity contribution in [1.82, 2.24) is 10.3 Å². The Morgan fingerprint density at radius 2 is 2.00 bits per heavy atom. The summed E-state index contributed by atoms with van der Waals surface area (Å²) in [6, 6.07) is 5.80. The lowest BCUT2D eigenvalue weighted by Gasteiger charge is -2.45. The van der Waals surface area contributed by atoms with Gasteiger partial charge in [0.1, 0.15) is 7.85 Å². The first-order valence-electron chi connectivity index (χ1n) is 8.93. The minimum absolute atomic E-state index is 0.280. The van der Waals surface area contributed by atoms with Crippen molar-refractivity contribution in [3.63, 3.8) is 0 Å². The Balaban J connectivity index is 1.88. The molecule has 0 saturated carbocycles. The van der Waals surface area contributed by atoms with Gasteiger partial charge >= 0.3 is 0 Å². The van der Waals surface area contributed by atoms with Gasteiger partial charge in [-0.25, -0.2) is 0 Å². The molecule has 3 atom stereocenters. The summed E-state index contributed by atoms with van der Waals surface area (Å²) in [4.78, 5) is 4.72. The second kappa shape index (κ2) is 4.04. The minimum Gasteiger partial charge on any atom is -0.391 e. The van der Waals surface area contributed by atoms with Crippen LogP contribution in [-0.4, -0.2) is 17.9 Å². The van der Waals surface area contributed by atoms with E-state index in [9.17, 15) is 5.11 Å². The number of rotatable bonds is 0. The van der Waals surface area contributed by atoms with Gasteiger partial charge in [-0.1, -0.05) is 42.5 Å². The van der Waals surface area contributed by atoms with Crippen LogP contribution < -0.4 is 5.32 Å². The Morgan fingerprint density at radius 3 is 2.85 bits per heavy atom. The van der Waals surface area contributed by atoms with Gasteiger partial charge in [0.2, 0.25) is 0 Å². The number of hydrogen-bond donors (Lipinski definition) is 2. The second-order valence-corrected chi connectivity index (χ2v) is 8.07. The van der Waals surface area contributed by atoms with E-state index in [1.165, 1.54) is 0 Å². The van der Waals surface area contributed by atoms with Crippen molar-refractivity contribution < 1.29 is 5.11 Å². The smallest absolute Gasteiger partial charge is 0.126 e. The highest BCUT2D eigenvalue weighted by atomic mass is 16.3. The SMILES string of the molecule is [B]C1(O)C2=C3NC(C)(c4cnc5cccc1c5c43)C1(C)C=CC=CC1=C2. The molecule has 1 aromatic carbocycles. The summed E-state index contributed by atoms with van der Waals surface area (Å²) < 4.78 is 0. The van der Waals surface area contributed by atoms with Crippen LogP contribution in [0.4, 0.5) is 0 Å². The molecular weight excluding hydrogens is 319 g/mol. The van der Waals surface area contributed by atoms with Crippen molar-refractivity contribution in [3.8, 4) is 0 Å². The highest BCUT2D eigenvalue weighted by molar-refractivity contribution is 6.22. The van der Waals surface area contributed by atoms with Crippen LogP contribution in [0.5, 0.6) is 0 Å². The maximum absolute atomic E-state index is 11.4. The predicted molar refractivity (Wildman–Crippen MR) is 103 cm³/mol. The molecule has 3 nitrogen and oxygen atoms in total. The van der Waals surface area contributed by atoms with Crippen molar-refractivity contribution in [2.75, 3.05) is 0 Å². The Morgan fingerprint density at radius 1 is 1.15 bits per heavy atom. The summed E-state index contributed by atoms with van der Waals surface area (Å²) in [6.07, 6.45) is 12.5. The molecule has 26 heavy (non-hydrogen) atoms. The average molecular weight is 336 g/mol. The first-order chi connectivity index (χ1) is 12.4. The molecule has 2 bridgehead atoms. The molecule has 124 valence electrons. The standard InChI is InChI=1S/C22H17BN2O/c1-20-9-4-3-6-12(20)10-14-19-18-15(21(20,2)25-19)11-24-16-8-5-7-13(17(16)18)22(14,23)26/h3-11,25-26H,1-2H3. The fourth-order valence-electron chi connectivity index (χ4n) is 5.19. The molecule has 4 heteroatoms. The highest BCUT2D eigenvalue weighted by Gasteiger charge is 2.56. The van der Waals surface area contributed by atoms with Gasteiger partial charge in [-0.3, -0.25) is 4.98 Å². The predicted octanol–water partition coefficient (Wildman–Crippen LogP) is 3.16. The van der Waals surface area contributed by atoms with E-state index in [0.717, 1.165) is 44.4 Å². The number of nitrogens with one attached hydrogen (secondary N) is 1. The van der Waals surface area contributed by atoms with Crippen molar-refractivity contribution in [2.45, 2.75) is 24.9 Å². The second-order valence-electron chi connectivity index (χ2n) is 8.07. The van der Waals surface area contributed by atoms with E-state index in [-0.39, 0.29) is 11.0 Å². The number of pyridine rings is 1. The van der Waals surface area contributed by atoms with Crippen LogP contribution in [0.15, 0.2) is 65.9 Å². The van der Waals surface area contributed by atoms with Crippen molar-refractivity contribution >= 4 is 24.4 Å². The Hall–Kier alpha value is -2.59. The van der Waals surface area contributed by atoms with Crippen LogP contribution in [0.2, 0.25) is 0 Å². The van der Waals surface area contributed by atoms with E-state index in [0.29, 0.717) is 0 Å². The van der Waals surface area contributed by atoms with Gasteiger partial charge in [0.25, 0.3) is 0 Å². The van der Waals surface area contributed by atoms with Gasteiger partial charge in [0, 0.05) is 39.4 Å². The normalized spacial score (nSPS) is 35.4. The van der Waals surface area contributed by atoms with Crippen molar-refractivity contribution in [2.24, 2.45) is 5.41 Å². The van der Waals surface area contributed by atoms with Crippen LogP contribution in [-0.2, 0) is 11.0 Å². The lowest BCUT2D eigenvalue weighted by atomic mass is 9.59. The Labute approximate surface area is 153 Å². The van der Waals surface area contributed by atoms with Crippen LogP contribution in [0, 0.1) is 5.41 Å².